The molecule has 0 fully saturated rings. The Hall–Kier alpha value is -3.92. The highest BCUT2D eigenvalue weighted by molar-refractivity contribution is 7.14. The molecule has 0 unspecified atom stereocenters. The minimum absolute atomic E-state index is 0.112. The smallest absolute Gasteiger partial charge is 0.348 e. The minimum Gasteiger partial charge on any atom is -0.497 e. The number of benzene rings is 2. The Kier molecular flexibility index (Phi) is 5.31. The fourth-order valence-electron chi connectivity index (χ4n) is 2.80. The fourth-order valence-corrected chi connectivity index (χ4v) is 3.50. The molecule has 2 aromatic carbocycles. The predicted octanol–water partition coefficient (Wildman–Crippen LogP) is 2.95. The summed E-state index contributed by atoms with van der Waals surface area (Å²) in [6.45, 7) is 0. The summed E-state index contributed by atoms with van der Waals surface area (Å²) in [4.78, 5) is 31.6. The first-order chi connectivity index (χ1) is 14.6. The van der Waals surface area contributed by atoms with Gasteiger partial charge in [0.2, 0.25) is 5.82 Å². The van der Waals surface area contributed by atoms with Gasteiger partial charge in [-0.05, 0) is 30.3 Å². The molecule has 9 nitrogen and oxygen atoms in total. The number of para-hydroxylation sites is 1. The maximum Gasteiger partial charge on any atom is 0.348 e. The fraction of sp³-hybridized carbons (Fsp3) is 0.100. The van der Waals surface area contributed by atoms with E-state index in [4.69, 9.17) is 9.47 Å². The zero-order valence-corrected chi connectivity index (χ0v) is 16.9. The van der Waals surface area contributed by atoms with Gasteiger partial charge in [-0.3, -0.25) is 15.1 Å². The van der Waals surface area contributed by atoms with Crippen molar-refractivity contribution in [2.75, 3.05) is 19.5 Å². The number of methoxy groups -OCH3 is 2. The SMILES string of the molecule is COc1ccc(OC)c(-c2csc(NC(=O)c3nn(-c4ccccc4)c(=O)[nH]3)n2)c1. The molecule has 0 radical (unpaired) electrons. The Balaban J connectivity index is 1.56. The van der Waals surface area contributed by atoms with E-state index in [0.29, 0.717) is 28.0 Å². The first kappa shape index (κ1) is 19.4. The van der Waals surface area contributed by atoms with Gasteiger partial charge in [-0.25, -0.2) is 9.78 Å². The lowest BCUT2D eigenvalue weighted by Gasteiger charge is -2.08. The molecular weight excluding hydrogens is 406 g/mol. The first-order valence-electron chi connectivity index (χ1n) is 8.83. The van der Waals surface area contributed by atoms with Gasteiger partial charge in [0.1, 0.15) is 11.5 Å². The molecular formula is C20H17N5O4S. The number of hydrogen-bond donors (Lipinski definition) is 2. The van der Waals surface area contributed by atoms with E-state index in [2.05, 4.69) is 20.4 Å². The van der Waals surface area contributed by atoms with Crippen molar-refractivity contribution in [3.05, 3.63) is 70.2 Å². The van der Waals surface area contributed by atoms with E-state index in [1.165, 1.54) is 11.3 Å². The molecule has 4 rings (SSSR count). The van der Waals surface area contributed by atoms with Crippen molar-refractivity contribution in [3.8, 4) is 28.4 Å². The second-order valence-corrected chi connectivity index (χ2v) is 6.94. The molecule has 2 N–H and O–H groups in total. The van der Waals surface area contributed by atoms with Crippen molar-refractivity contribution in [2.45, 2.75) is 0 Å². The Morgan fingerprint density at radius 3 is 2.67 bits per heavy atom. The summed E-state index contributed by atoms with van der Waals surface area (Å²) < 4.78 is 11.8. The van der Waals surface area contributed by atoms with Crippen LogP contribution in [0.2, 0.25) is 0 Å². The van der Waals surface area contributed by atoms with Gasteiger partial charge in [0.05, 0.1) is 25.6 Å². The van der Waals surface area contributed by atoms with E-state index >= 15 is 0 Å². The van der Waals surface area contributed by atoms with Crippen LogP contribution in [0.3, 0.4) is 0 Å². The molecule has 0 aliphatic carbocycles. The summed E-state index contributed by atoms with van der Waals surface area (Å²) in [5.41, 5.74) is 1.40. The zero-order chi connectivity index (χ0) is 21.1. The molecule has 0 atom stereocenters. The number of aromatic amines is 1. The number of nitrogens with one attached hydrogen (secondary N) is 2. The molecule has 0 bridgehead atoms. The van der Waals surface area contributed by atoms with Gasteiger partial charge in [-0.15, -0.1) is 16.4 Å². The van der Waals surface area contributed by atoms with Crippen LogP contribution in [0.15, 0.2) is 58.7 Å². The topological polar surface area (TPSA) is 111 Å². The maximum atomic E-state index is 12.5. The molecule has 0 aliphatic rings. The first-order valence-corrected chi connectivity index (χ1v) is 9.71. The van der Waals surface area contributed by atoms with Crippen LogP contribution in [0, 0.1) is 0 Å². The van der Waals surface area contributed by atoms with Gasteiger partial charge in [-0.1, -0.05) is 18.2 Å². The summed E-state index contributed by atoms with van der Waals surface area (Å²) in [5.74, 6) is 0.609. The summed E-state index contributed by atoms with van der Waals surface area (Å²) in [6, 6.07) is 14.2. The van der Waals surface area contributed by atoms with E-state index in [1.54, 1.807) is 62.1 Å². The van der Waals surface area contributed by atoms with Gasteiger partial charge in [0.15, 0.2) is 5.13 Å². The third-order valence-corrected chi connectivity index (χ3v) is 5.00. The summed E-state index contributed by atoms with van der Waals surface area (Å²) in [6.07, 6.45) is 0. The quantitative estimate of drug-likeness (QED) is 0.493. The van der Waals surface area contributed by atoms with Gasteiger partial charge < -0.3 is 9.47 Å². The van der Waals surface area contributed by atoms with E-state index in [-0.39, 0.29) is 5.82 Å². The normalized spacial score (nSPS) is 10.6. The second kappa shape index (κ2) is 8.21. The van der Waals surface area contributed by atoms with Crippen molar-refractivity contribution in [3.63, 3.8) is 0 Å². The Morgan fingerprint density at radius 1 is 1.13 bits per heavy atom. The number of rotatable bonds is 6. The number of carbonyl (C=O) groups excluding carboxylic acids is 1. The van der Waals surface area contributed by atoms with E-state index in [0.717, 1.165) is 10.2 Å². The van der Waals surface area contributed by atoms with E-state index < -0.39 is 11.6 Å². The molecule has 0 saturated carbocycles. The number of hydrogen-bond acceptors (Lipinski definition) is 7. The van der Waals surface area contributed by atoms with Crippen molar-refractivity contribution < 1.29 is 14.3 Å². The van der Waals surface area contributed by atoms with E-state index in [1.807, 2.05) is 6.07 Å². The number of nitrogens with zero attached hydrogens (tertiary/aromatic N) is 3. The summed E-state index contributed by atoms with van der Waals surface area (Å²) in [5, 5.41) is 8.87. The largest absolute Gasteiger partial charge is 0.497 e. The lowest BCUT2D eigenvalue weighted by molar-refractivity contribution is 0.101. The zero-order valence-electron chi connectivity index (χ0n) is 16.1. The summed E-state index contributed by atoms with van der Waals surface area (Å²) >= 11 is 1.24. The molecule has 0 aliphatic heterocycles. The number of anilines is 1. The summed E-state index contributed by atoms with van der Waals surface area (Å²) in [7, 11) is 3.15. The van der Waals surface area contributed by atoms with Crippen molar-refractivity contribution in [1.29, 1.82) is 0 Å². The molecule has 152 valence electrons. The van der Waals surface area contributed by atoms with Crippen LogP contribution in [0.1, 0.15) is 10.6 Å². The predicted molar refractivity (Wildman–Crippen MR) is 113 cm³/mol. The molecule has 2 aromatic heterocycles. The van der Waals surface area contributed by atoms with Crippen molar-refractivity contribution in [1.82, 2.24) is 19.7 Å². The second-order valence-electron chi connectivity index (χ2n) is 6.08. The van der Waals surface area contributed by atoms with Gasteiger partial charge >= 0.3 is 5.69 Å². The number of amides is 1. The highest BCUT2D eigenvalue weighted by Gasteiger charge is 2.17. The van der Waals surface area contributed by atoms with Crippen LogP contribution < -0.4 is 20.5 Å². The van der Waals surface area contributed by atoms with Crippen LogP contribution in [0.25, 0.3) is 16.9 Å². The van der Waals surface area contributed by atoms with Crippen molar-refractivity contribution in [2.24, 2.45) is 0 Å². The van der Waals surface area contributed by atoms with Crippen LogP contribution in [-0.4, -0.2) is 39.9 Å². The third-order valence-electron chi connectivity index (χ3n) is 4.24. The lowest BCUT2D eigenvalue weighted by Crippen LogP contribution is -2.15. The van der Waals surface area contributed by atoms with Crippen LogP contribution in [-0.2, 0) is 0 Å². The molecule has 0 spiro atoms. The standard InChI is InChI=1S/C20H17N5O4S/c1-28-13-8-9-16(29-2)14(10-13)15-11-30-19(21-15)23-18(26)17-22-20(27)25(24-17)12-6-4-3-5-7-12/h3-11H,1-2H3,(H,21,23,26)(H,22,24,27). The van der Waals surface area contributed by atoms with E-state index in [9.17, 15) is 9.59 Å². The lowest BCUT2D eigenvalue weighted by atomic mass is 10.1. The average Bonchev–Trinajstić information content (AvgIpc) is 3.40. The van der Waals surface area contributed by atoms with Gasteiger partial charge in [-0.2, -0.15) is 4.68 Å². The molecule has 2 heterocycles. The van der Waals surface area contributed by atoms with Gasteiger partial charge in [0.25, 0.3) is 5.91 Å². The maximum absolute atomic E-state index is 12.5. The van der Waals surface area contributed by atoms with Crippen LogP contribution in [0.5, 0.6) is 11.5 Å². The van der Waals surface area contributed by atoms with Crippen LogP contribution >= 0.6 is 11.3 Å². The molecule has 4 aromatic rings. The molecule has 30 heavy (non-hydrogen) atoms. The van der Waals surface area contributed by atoms with Gasteiger partial charge in [0, 0.05) is 10.9 Å². The number of aromatic nitrogens is 4. The monoisotopic (exact) mass is 423 g/mol. The minimum atomic E-state index is -0.569. The molecule has 1 amide bonds. The third kappa shape index (κ3) is 3.80. The Bertz CT molecular complexity index is 1250. The highest BCUT2D eigenvalue weighted by Crippen LogP contribution is 2.35. The average molecular weight is 423 g/mol. The number of H-pyrrole nitrogens is 1. The van der Waals surface area contributed by atoms with Crippen LogP contribution in [0.4, 0.5) is 5.13 Å². The van der Waals surface area contributed by atoms with Crippen molar-refractivity contribution >= 4 is 22.4 Å². The Morgan fingerprint density at radius 2 is 1.93 bits per heavy atom. The number of carbonyl (C=O) groups is 1. The number of thiazole rings is 1. The molecule has 0 saturated heterocycles. The highest BCUT2D eigenvalue weighted by atomic mass is 32.1. The molecule has 10 heteroatoms. The number of ether oxygens (including phenoxy) is 2. The Labute approximate surface area is 174 Å².